The summed E-state index contributed by atoms with van der Waals surface area (Å²) in [7, 11) is 0. The predicted octanol–water partition coefficient (Wildman–Crippen LogP) is 3.55. The number of anilines is 1. The molecule has 0 unspecified atom stereocenters. The summed E-state index contributed by atoms with van der Waals surface area (Å²) in [5, 5.41) is 14.4. The van der Waals surface area contributed by atoms with Crippen molar-refractivity contribution in [2.24, 2.45) is 0 Å². The molecule has 7 heteroatoms. The monoisotopic (exact) mass is 330 g/mol. The maximum atomic E-state index is 11.9. The second-order valence-electron chi connectivity index (χ2n) is 5.55. The summed E-state index contributed by atoms with van der Waals surface area (Å²) in [5.74, 6) is 0.00549. The number of rotatable bonds is 3. The van der Waals surface area contributed by atoms with Crippen molar-refractivity contribution in [1.29, 1.82) is 0 Å². The van der Waals surface area contributed by atoms with E-state index in [1.165, 1.54) is 30.6 Å². The molecule has 1 aliphatic carbocycles. The number of urea groups is 1. The zero-order valence-electron chi connectivity index (χ0n) is 12.6. The van der Waals surface area contributed by atoms with Gasteiger partial charge in [0.1, 0.15) is 5.01 Å². The minimum atomic E-state index is -0.592. The van der Waals surface area contributed by atoms with Crippen LogP contribution in [0.25, 0.3) is 0 Å². The lowest BCUT2D eigenvalue weighted by molar-refractivity contribution is 0.0967. The molecule has 6 nitrogen and oxygen atoms in total. The number of nitrogens with zero attached hydrogens (tertiary/aromatic N) is 2. The molecule has 1 aromatic carbocycles. The van der Waals surface area contributed by atoms with Gasteiger partial charge in [-0.3, -0.25) is 15.4 Å². The van der Waals surface area contributed by atoms with Crippen molar-refractivity contribution >= 4 is 28.4 Å². The van der Waals surface area contributed by atoms with Crippen LogP contribution in [0.5, 0.6) is 0 Å². The van der Waals surface area contributed by atoms with E-state index in [1.54, 1.807) is 24.3 Å². The van der Waals surface area contributed by atoms with Gasteiger partial charge in [0, 0.05) is 11.5 Å². The van der Waals surface area contributed by atoms with Crippen LogP contribution in [0.3, 0.4) is 0 Å². The van der Waals surface area contributed by atoms with E-state index in [1.807, 2.05) is 6.07 Å². The van der Waals surface area contributed by atoms with Crippen molar-refractivity contribution in [2.75, 3.05) is 5.32 Å². The number of nitrogens with one attached hydrogen (secondary N) is 2. The zero-order valence-corrected chi connectivity index (χ0v) is 13.4. The summed E-state index contributed by atoms with van der Waals surface area (Å²) in [4.78, 5) is 23.8. The summed E-state index contributed by atoms with van der Waals surface area (Å²) in [6.45, 7) is 0. The third-order valence-corrected chi connectivity index (χ3v) is 4.88. The first-order valence-electron chi connectivity index (χ1n) is 7.73. The van der Waals surface area contributed by atoms with Gasteiger partial charge in [-0.25, -0.2) is 4.79 Å². The summed E-state index contributed by atoms with van der Waals surface area (Å²) in [6.07, 6.45) is 5.99. The summed E-state index contributed by atoms with van der Waals surface area (Å²) < 4.78 is 0. The average molecular weight is 330 g/mol. The molecule has 1 aromatic heterocycles. The topological polar surface area (TPSA) is 84.0 Å². The van der Waals surface area contributed by atoms with Gasteiger partial charge in [0.25, 0.3) is 5.91 Å². The maximum Gasteiger partial charge on any atom is 0.328 e. The minimum Gasteiger partial charge on any atom is -0.282 e. The summed E-state index contributed by atoms with van der Waals surface area (Å²) in [5.41, 5.74) is 0.433. The Hall–Kier alpha value is -2.28. The van der Waals surface area contributed by atoms with Crippen molar-refractivity contribution < 1.29 is 9.59 Å². The highest BCUT2D eigenvalue weighted by Gasteiger charge is 2.20. The number of aromatic nitrogens is 2. The predicted molar refractivity (Wildman–Crippen MR) is 88.7 cm³/mol. The fourth-order valence-corrected chi connectivity index (χ4v) is 3.60. The molecule has 120 valence electrons. The Morgan fingerprint density at radius 1 is 1.04 bits per heavy atom. The molecule has 0 spiro atoms. The van der Waals surface area contributed by atoms with Crippen molar-refractivity contribution in [3.05, 3.63) is 40.9 Å². The van der Waals surface area contributed by atoms with Crippen LogP contribution >= 0.6 is 11.3 Å². The number of carbonyl (C=O) groups excluding carboxylic acids is 2. The third kappa shape index (κ3) is 4.13. The molecule has 0 aliphatic heterocycles. The SMILES string of the molecule is O=C(NC(=O)c1ccccc1)Nc1nnc(C2CCCCC2)s1. The second kappa shape index (κ2) is 7.32. The Kier molecular flexibility index (Phi) is 4.97. The number of hydrogen-bond donors (Lipinski definition) is 2. The normalized spacial score (nSPS) is 15.1. The minimum absolute atomic E-state index is 0.420. The van der Waals surface area contributed by atoms with E-state index >= 15 is 0 Å². The van der Waals surface area contributed by atoms with Crippen molar-refractivity contribution in [3.63, 3.8) is 0 Å². The van der Waals surface area contributed by atoms with E-state index in [9.17, 15) is 9.59 Å². The molecule has 0 radical (unpaired) electrons. The Balaban J connectivity index is 1.56. The molecule has 1 fully saturated rings. The quantitative estimate of drug-likeness (QED) is 0.901. The lowest BCUT2D eigenvalue weighted by Gasteiger charge is -2.18. The Morgan fingerprint density at radius 3 is 2.52 bits per heavy atom. The van der Waals surface area contributed by atoms with Gasteiger partial charge in [-0.15, -0.1) is 10.2 Å². The molecule has 0 atom stereocenters. The van der Waals surface area contributed by atoms with Crippen molar-refractivity contribution in [1.82, 2.24) is 15.5 Å². The number of amides is 3. The first-order valence-corrected chi connectivity index (χ1v) is 8.55. The highest BCUT2D eigenvalue weighted by Crippen LogP contribution is 2.35. The van der Waals surface area contributed by atoms with E-state index in [-0.39, 0.29) is 0 Å². The average Bonchev–Trinajstić information content (AvgIpc) is 3.04. The fraction of sp³-hybridized carbons (Fsp3) is 0.375. The smallest absolute Gasteiger partial charge is 0.282 e. The number of imide groups is 1. The lowest BCUT2D eigenvalue weighted by atomic mass is 9.90. The van der Waals surface area contributed by atoms with Crippen molar-refractivity contribution in [2.45, 2.75) is 38.0 Å². The van der Waals surface area contributed by atoms with Crippen LogP contribution in [0.4, 0.5) is 9.93 Å². The number of benzene rings is 1. The van der Waals surface area contributed by atoms with E-state index in [0.29, 0.717) is 16.6 Å². The first-order chi connectivity index (χ1) is 11.2. The molecule has 1 heterocycles. The van der Waals surface area contributed by atoms with Crippen LogP contribution in [-0.4, -0.2) is 22.1 Å². The number of hydrogen-bond acceptors (Lipinski definition) is 5. The highest BCUT2D eigenvalue weighted by molar-refractivity contribution is 7.15. The molecule has 0 saturated heterocycles. The van der Waals surface area contributed by atoms with Gasteiger partial charge in [-0.05, 0) is 25.0 Å². The first kappa shape index (κ1) is 15.6. The van der Waals surface area contributed by atoms with Gasteiger partial charge in [0.15, 0.2) is 0 Å². The number of carbonyl (C=O) groups is 2. The molecule has 2 aromatic rings. The van der Waals surface area contributed by atoms with Gasteiger partial charge < -0.3 is 0 Å². The van der Waals surface area contributed by atoms with Gasteiger partial charge in [0.2, 0.25) is 5.13 Å². The Labute approximate surface area is 138 Å². The van der Waals surface area contributed by atoms with Gasteiger partial charge >= 0.3 is 6.03 Å². The zero-order chi connectivity index (χ0) is 16.1. The third-order valence-electron chi connectivity index (χ3n) is 3.88. The molecule has 1 aliphatic rings. The van der Waals surface area contributed by atoms with E-state index in [2.05, 4.69) is 20.8 Å². The molecule has 2 N–H and O–H groups in total. The summed E-state index contributed by atoms with van der Waals surface area (Å²) >= 11 is 1.39. The van der Waals surface area contributed by atoms with Crippen LogP contribution in [0.1, 0.15) is 53.4 Å². The van der Waals surface area contributed by atoms with E-state index < -0.39 is 11.9 Å². The van der Waals surface area contributed by atoms with E-state index in [0.717, 1.165) is 17.8 Å². The van der Waals surface area contributed by atoms with Gasteiger partial charge in [-0.1, -0.05) is 48.8 Å². The molecule has 0 bridgehead atoms. The Morgan fingerprint density at radius 2 is 1.78 bits per heavy atom. The second-order valence-corrected chi connectivity index (χ2v) is 6.56. The standard InChI is InChI=1S/C16H18N4O2S/c21-13(11-7-3-1-4-8-11)17-15(22)18-16-20-19-14(23-16)12-9-5-2-6-10-12/h1,3-4,7-8,12H,2,5-6,9-10H2,(H2,17,18,20,21,22). The van der Waals surface area contributed by atoms with Crippen LogP contribution in [-0.2, 0) is 0 Å². The molecular formula is C16H18N4O2S. The van der Waals surface area contributed by atoms with Crippen LogP contribution in [0.2, 0.25) is 0 Å². The van der Waals surface area contributed by atoms with Gasteiger partial charge in [-0.2, -0.15) is 0 Å². The molecule has 1 saturated carbocycles. The molecular weight excluding hydrogens is 312 g/mol. The fourth-order valence-electron chi connectivity index (χ4n) is 2.69. The van der Waals surface area contributed by atoms with E-state index in [4.69, 9.17) is 0 Å². The van der Waals surface area contributed by atoms with Gasteiger partial charge in [0.05, 0.1) is 0 Å². The molecule has 3 rings (SSSR count). The molecule has 23 heavy (non-hydrogen) atoms. The van der Waals surface area contributed by atoms with Crippen LogP contribution < -0.4 is 10.6 Å². The summed E-state index contributed by atoms with van der Waals surface area (Å²) in [6, 6.07) is 8.00. The largest absolute Gasteiger partial charge is 0.328 e. The lowest BCUT2D eigenvalue weighted by Crippen LogP contribution is -2.34. The maximum absolute atomic E-state index is 11.9. The van der Waals surface area contributed by atoms with Crippen molar-refractivity contribution in [3.8, 4) is 0 Å². The molecule has 3 amide bonds. The van der Waals surface area contributed by atoms with Crippen LogP contribution in [0, 0.1) is 0 Å². The Bertz CT molecular complexity index is 680. The highest BCUT2D eigenvalue weighted by atomic mass is 32.1. The van der Waals surface area contributed by atoms with Crippen LogP contribution in [0.15, 0.2) is 30.3 Å².